The Morgan fingerprint density at radius 2 is 2.38 bits per heavy atom. The largest absolute Gasteiger partial charge is 0.306 e. The van der Waals surface area contributed by atoms with E-state index in [2.05, 4.69) is 34.7 Å². The zero-order chi connectivity index (χ0) is 11.5. The van der Waals surface area contributed by atoms with Gasteiger partial charge in [0.1, 0.15) is 5.01 Å². The van der Waals surface area contributed by atoms with Crippen molar-refractivity contribution in [3.05, 3.63) is 5.01 Å². The van der Waals surface area contributed by atoms with E-state index in [9.17, 15) is 4.79 Å². The van der Waals surface area contributed by atoms with Crippen molar-refractivity contribution >= 4 is 22.4 Å². The Bertz CT molecular complexity index is 371. The smallest absolute Gasteiger partial charge is 0.243 e. The van der Waals surface area contributed by atoms with Gasteiger partial charge in [0.05, 0.1) is 6.04 Å². The molecular formula is C10H16N4OS. The van der Waals surface area contributed by atoms with Gasteiger partial charge in [-0.3, -0.25) is 10.1 Å². The van der Waals surface area contributed by atoms with Crippen LogP contribution >= 0.6 is 11.3 Å². The van der Waals surface area contributed by atoms with Gasteiger partial charge >= 0.3 is 0 Å². The van der Waals surface area contributed by atoms with Crippen molar-refractivity contribution in [1.29, 1.82) is 0 Å². The van der Waals surface area contributed by atoms with Crippen LogP contribution in [-0.4, -0.2) is 28.7 Å². The van der Waals surface area contributed by atoms with Crippen molar-refractivity contribution in [2.75, 3.05) is 11.9 Å². The van der Waals surface area contributed by atoms with Gasteiger partial charge in [0.15, 0.2) is 0 Å². The minimum absolute atomic E-state index is 0.00366. The van der Waals surface area contributed by atoms with E-state index in [0.29, 0.717) is 11.0 Å². The highest BCUT2D eigenvalue weighted by Gasteiger charge is 2.23. The van der Waals surface area contributed by atoms with Crippen LogP contribution in [0.15, 0.2) is 0 Å². The molecule has 0 bridgehead atoms. The molecular weight excluding hydrogens is 224 g/mol. The van der Waals surface area contributed by atoms with Crippen molar-refractivity contribution in [3.63, 3.8) is 0 Å². The maximum Gasteiger partial charge on any atom is 0.243 e. The number of hydrogen-bond acceptors (Lipinski definition) is 5. The summed E-state index contributed by atoms with van der Waals surface area (Å²) in [5, 5.41) is 15.5. The van der Waals surface area contributed by atoms with Crippen molar-refractivity contribution in [2.24, 2.45) is 0 Å². The molecule has 16 heavy (non-hydrogen) atoms. The lowest BCUT2D eigenvalue weighted by molar-refractivity contribution is -0.117. The third kappa shape index (κ3) is 2.56. The molecule has 2 rings (SSSR count). The Balaban J connectivity index is 1.95. The summed E-state index contributed by atoms with van der Waals surface area (Å²) in [5.74, 6) is 0.358. The highest BCUT2D eigenvalue weighted by molar-refractivity contribution is 7.15. The molecule has 1 fully saturated rings. The molecule has 2 heterocycles. The molecule has 0 aliphatic carbocycles. The number of nitrogens with one attached hydrogen (secondary N) is 2. The number of carbonyl (C=O) groups excluding carboxylic acids is 1. The second kappa shape index (κ2) is 4.88. The first-order chi connectivity index (χ1) is 7.66. The van der Waals surface area contributed by atoms with Crippen LogP contribution in [0.25, 0.3) is 0 Å². The Kier molecular flexibility index (Phi) is 3.50. The monoisotopic (exact) mass is 240 g/mol. The number of nitrogens with zero attached hydrogens (tertiary/aromatic N) is 2. The molecule has 0 aromatic carbocycles. The summed E-state index contributed by atoms with van der Waals surface area (Å²) in [7, 11) is 0. The first-order valence-electron chi connectivity index (χ1n) is 5.54. The fourth-order valence-electron chi connectivity index (χ4n) is 1.62. The average Bonchev–Trinajstić information content (AvgIpc) is 2.87. The van der Waals surface area contributed by atoms with Gasteiger partial charge < -0.3 is 5.32 Å². The van der Waals surface area contributed by atoms with Crippen LogP contribution in [0.2, 0.25) is 0 Å². The van der Waals surface area contributed by atoms with Crippen molar-refractivity contribution in [1.82, 2.24) is 15.5 Å². The van der Waals surface area contributed by atoms with E-state index in [4.69, 9.17) is 0 Å². The zero-order valence-electron chi connectivity index (χ0n) is 9.49. The van der Waals surface area contributed by atoms with Gasteiger partial charge in [-0.25, -0.2) is 0 Å². The van der Waals surface area contributed by atoms with Crippen LogP contribution in [-0.2, 0) is 4.79 Å². The van der Waals surface area contributed by atoms with Gasteiger partial charge in [-0.1, -0.05) is 25.2 Å². The lowest BCUT2D eigenvalue weighted by Gasteiger charge is -2.07. The normalized spacial score (nSPS) is 20.3. The second-order valence-electron chi connectivity index (χ2n) is 4.24. The molecule has 0 saturated carbocycles. The number of aromatic nitrogens is 2. The summed E-state index contributed by atoms with van der Waals surface area (Å²) < 4.78 is 0. The number of anilines is 1. The van der Waals surface area contributed by atoms with Gasteiger partial charge in [0.2, 0.25) is 11.0 Å². The fourth-order valence-corrected chi connectivity index (χ4v) is 2.37. The molecule has 1 aromatic heterocycles. The summed E-state index contributed by atoms with van der Waals surface area (Å²) in [6, 6.07) is -0.0635. The Hall–Kier alpha value is -1.01. The quantitative estimate of drug-likeness (QED) is 0.837. The molecule has 1 amide bonds. The van der Waals surface area contributed by atoms with Gasteiger partial charge in [0.25, 0.3) is 0 Å². The summed E-state index contributed by atoms with van der Waals surface area (Å²) in [6.45, 7) is 5.04. The van der Waals surface area contributed by atoms with Crippen LogP contribution in [0.1, 0.15) is 37.6 Å². The van der Waals surface area contributed by atoms with E-state index in [0.717, 1.165) is 24.4 Å². The topological polar surface area (TPSA) is 66.9 Å². The first kappa shape index (κ1) is 11.5. The fraction of sp³-hybridized carbons (Fsp3) is 0.700. The Morgan fingerprint density at radius 3 is 2.94 bits per heavy atom. The summed E-state index contributed by atoms with van der Waals surface area (Å²) in [6.07, 6.45) is 1.97. The molecule has 88 valence electrons. The molecule has 6 heteroatoms. The standard InChI is InChI=1S/C10H16N4OS/c1-6(2)9-13-14-10(16-9)12-8(15)7-4-3-5-11-7/h6-7,11H,3-5H2,1-2H3,(H,12,14,15). The number of hydrogen-bond donors (Lipinski definition) is 2. The Labute approximate surface area is 98.7 Å². The van der Waals surface area contributed by atoms with E-state index in [1.165, 1.54) is 11.3 Å². The second-order valence-corrected chi connectivity index (χ2v) is 5.25. The highest BCUT2D eigenvalue weighted by Crippen LogP contribution is 2.22. The highest BCUT2D eigenvalue weighted by atomic mass is 32.1. The third-order valence-electron chi connectivity index (χ3n) is 2.54. The van der Waals surface area contributed by atoms with Gasteiger partial charge in [-0.2, -0.15) is 0 Å². The lowest BCUT2D eigenvalue weighted by Crippen LogP contribution is -2.35. The molecule has 0 spiro atoms. The molecule has 1 atom stereocenters. The van der Waals surface area contributed by atoms with E-state index in [1.54, 1.807) is 0 Å². The number of amides is 1. The average molecular weight is 240 g/mol. The number of rotatable bonds is 3. The zero-order valence-corrected chi connectivity index (χ0v) is 10.3. The summed E-state index contributed by atoms with van der Waals surface area (Å²) in [5.41, 5.74) is 0. The molecule has 1 unspecified atom stereocenters. The van der Waals surface area contributed by atoms with Crippen molar-refractivity contribution < 1.29 is 4.79 Å². The van der Waals surface area contributed by atoms with Gasteiger partial charge in [-0.15, -0.1) is 10.2 Å². The molecule has 1 aliphatic rings. The van der Waals surface area contributed by atoms with Gasteiger partial charge in [0, 0.05) is 5.92 Å². The van der Waals surface area contributed by atoms with E-state index >= 15 is 0 Å². The lowest BCUT2D eigenvalue weighted by atomic mass is 10.2. The van der Waals surface area contributed by atoms with E-state index in [1.807, 2.05) is 0 Å². The molecule has 1 saturated heterocycles. The third-order valence-corrected chi connectivity index (χ3v) is 3.68. The molecule has 1 aliphatic heterocycles. The predicted molar refractivity (Wildman–Crippen MR) is 63.7 cm³/mol. The molecule has 0 radical (unpaired) electrons. The van der Waals surface area contributed by atoms with Crippen LogP contribution < -0.4 is 10.6 Å². The van der Waals surface area contributed by atoms with E-state index in [-0.39, 0.29) is 11.9 Å². The SMILES string of the molecule is CC(C)c1nnc(NC(=O)C2CCCN2)s1. The molecule has 1 aromatic rings. The van der Waals surface area contributed by atoms with Gasteiger partial charge in [-0.05, 0) is 19.4 Å². The van der Waals surface area contributed by atoms with Crippen LogP contribution in [0.5, 0.6) is 0 Å². The predicted octanol–water partition coefficient (Wildman–Crippen LogP) is 1.35. The molecule has 2 N–H and O–H groups in total. The minimum Gasteiger partial charge on any atom is -0.306 e. The summed E-state index contributed by atoms with van der Waals surface area (Å²) in [4.78, 5) is 11.8. The first-order valence-corrected chi connectivity index (χ1v) is 6.36. The van der Waals surface area contributed by atoms with Crippen molar-refractivity contribution in [3.8, 4) is 0 Å². The minimum atomic E-state index is -0.0635. The summed E-state index contributed by atoms with van der Waals surface area (Å²) >= 11 is 1.45. The van der Waals surface area contributed by atoms with Crippen LogP contribution in [0.4, 0.5) is 5.13 Å². The Morgan fingerprint density at radius 1 is 1.56 bits per heavy atom. The van der Waals surface area contributed by atoms with Crippen LogP contribution in [0, 0.1) is 0 Å². The maximum atomic E-state index is 11.8. The number of carbonyl (C=O) groups is 1. The van der Waals surface area contributed by atoms with E-state index < -0.39 is 0 Å². The van der Waals surface area contributed by atoms with Crippen molar-refractivity contribution in [2.45, 2.75) is 38.6 Å². The maximum absolute atomic E-state index is 11.8. The van der Waals surface area contributed by atoms with Crippen LogP contribution in [0.3, 0.4) is 0 Å². The molecule has 5 nitrogen and oxygen atoms in total.